The van der Waals surface area contributed by atoms with Gasteiger partial charge in [0.15, 0.2) is 5.75 Å². The van der Waals surface area contributed by atoms with E-state index in [9.17, 15) is 0 Å². The first-order chi connectivity index (χ1) is 10.0. The third kappa shape index (κ3) is 4.82. The van der Waals surface area contributed by atoms with E-state index in [0.29, 0.717) is 23.6 Å². The predicted molar refractivity (Wildman–Crippen MR) is 81.3 cm³/mol. The molecular weight excluding hydrogens is 266 g/mol. The zero-order chi connectivity index (χ0) is 15.2. The second-order valence-electron chi connectivity index (χ2n) is 5.72. The molecule has 0 saturated heterocycles. The van der Waals surface area contributed by atoms with Gasteiger partial charge in [-0.3, -0.25) is 9.67 Å². The third-order valence-corrected chi connectivity index (χ3v) is 2.87. The molecule has 0 fully saturated rings. The Kier molecular flexibility index (Phi) is 5.27. The summed E-state index contributed by atoms with van der Waals surface area (Å²) in [5.74, 6) is 1.77. The van der Waals surface area contributed by atoms with Crippen LogP contribution in [0.5, 0.6) is 11.6 Å². The van der Waals surface area contributed by atoms with E-state index in [1.807, 2.05) is 10.9 Å². The number of rotatable bonds is 7. The molecule has 0 aromatic carbocycles. The molecule has 0 aliphatic carbocycles. The Morgan fingerprint density at radius 1 is 1.14 bits per heavy atom. The molecule has 0 aliphatic heterocycles. The van der Waals surface area contributed by atoms with Crippen LogP contribution in [0.25, 0.3) is 0 Å². The van der Waals surface area contributed by atoms with Gasteiger partial charge in [-0.25, -0.2) is 4.98 Å². The van der Waals surface area contributed by atoms with Crippen molar-refractivity contribution >= 4 is 0 Å². The van der Waals surface area contributed by atoms with Gasteiger partial charge < -0.3 is 10.1 Å². The van der Waals surface area contributed by atoms with E-state index in [1.165, 1.54) is 0 Å². The van der Waals surface area contributed by atoms with Crippen molar-refractivity contribution in [1.29, 1.82) is 0 Å². The Morgan fingerprint density at radius 2 is 1.95 bits per heavy atom. The molecule has 0 aliphatic rings. The largest absolute Gasteiger partial charge is 0.434 e. The maximum Gasteiger partial charge on any atom is 0.238 e. The van der Waals surface area contributed by atoms with Gasteiger partial charge in [-0.05, 0) is 26.3 Å². The van der Waals surface area contributed by atoms with E-state index in [-0.39, 0.29) is 0 Å². The van der Waals surface area contributed by atoms with Gasteiger partial charge in [0.05, 0.1) is 30.5 Å². The van der Waals surface area contributed by atoms with Crippen LogP contribution >= 0.6 is 0 Å². The lowest BCUT2D eigenvalue weighted by atomic mass is 10.2. The van der Waals surface area contributed by atoms with Crippen LogP contribution < -0.4 is 10.1 Å². The SMILES string of the molecule is CC(C)CNCc1cnc(Oc2cnn(C(C)C)c2)cn1. The van der Waals surface area contributed by atoms with Crippen molar-refractivity contribution in [1.82, 2.24) is 25.1 Å². The number of hydrogen-bond acceptors (Lipinski definition) is 5. The molecule has 2 heterocycles. The summed E-state index contributed by atoms with van der Waals surface area (Å²) in [6, 6.07) is 0.308. The van der Waals surface area contributed by atoms with E-state index in [2.05, 4.69) is 48.1 Å². The van der Waals surface area contributed by atoms with Crippen LogP contribution in [0.3, 0.4) is 0 Å². The van der Waals surface area contributed by atoms with E-state index in [1.54, 1.807) is 18.6 Å². The number of hydrogen-bond donors (Lipinski definition) is 1. The molecule has 114 valence electrons. The van der Waals surface area contributed by atoms with Crippen molar-refractivity contribution in [2.24, 2.45) is 5.92 Å². The van der Waals surface area contributed by atoms with Gasteiger partial charge in [0.1, 0.15) is 0 Å². The smallest absolute Gasteiger partial charge is 0.238 e. The topological polar surface area (TPSA) is 64.9 Å². The molecule has 21 heavy (non-hydrogen) atoms. The third-order valence-electron chi connectivity index (χ3n) is 2.87. The summed E-state index contributed by atoms with van der Waals surface area (Å²) in [6.07, 6.45) is 6.90. The lowest BCUT2D eigenvalue weighted by molar-refractivity contribution is 0.454. The molecule has 2 aromatic rings. The first kappa shape index (κ1) is 15.4. The van der Waals surface area contributed by atoms with Gasteiger partial charge in [-0.2, -0.15) is 5.10 Å². The summed E-state index contributed by atoms with van der Waals surface area (Å²) in [7, 11) is 0. The molecule has 0 radical (unpaired) electrons. The molecule has 0 spiro atoms. The highest BCUT2D eigenvalue weighted by Gasteiger charge is 2.05. The Hall–Kier alpha value is -1.95. The van der Waals surface area contributed by atoms with E-state index < -0.39 is 0 Å². The number of nitrogens with zero attached hydrogens (tertiary/aromatic N) is 4. The lowest BCUT2D eigenvalue weighted by Gasteiger charge is -2.07. The van der Waals surface area contributed by atoms with Gasteiger partial charge in [-0.15, -0.1) is 0 Å². The first-order valence-electron chi connectivity index (χ1n) is 7.28. The summed E-state index contributed by atoms with van der Waals surface area (Å²) in [5, 5.41) is 7.55. The van der Waals surface area contributed by atoms with E-state index in [4.69, 9.17) is 4.74 Å². The highest BCUT2D eigenvalue weighted by molar-refractivity contribution is 5.20. The number of ether oxygens (including phenoxy) is 1. The Morgan fingerprint density at radius 3 is 2.52 bits per heavy atom. The Bertz CT molecular complexity index is 547. The van der Waals surface area contributed by atoms with Crippen LogP contribution in [0.15, 0.2) is 24.8 Å². The van der Waals surface area contributed by atoms with Crippen molar-refractivity contribution in [3.8, 4) is 11.6 Å². The van der Waals surface area contributed by atoms with Crippen LogP contribution in [0, 0.1) is 5.92 Å². The van der Waals surface area contributed by atoms with Gasteiger partial charge in [0.2, 0.25) is 5.88 Å². The minimum atomic E-state index is 0.308. The normalized spacial score (nSPS) is 11.3. The summed E-state index contributed by atoms with van der Waals surface area (Å²) >= 11 is 0. The fourth-order valence-corrected chi connectivity index (χ4v) is 1.75. The molecule has 0 unspecified atom stereocenters. The maximum atomic E-state index is 5.63. The monoisotopic (exact) mass is 289 g/mol. The lowest BCUT2D eigenvalue weighted by Crippen LogP contribution is -2.19. The zero-order valence-corrected chi connectivity index (χ0v) is 13.1. The second-order valence-corrected chi connectivity index (χ2v) is 5.72. The van der Waals surface area contributed by atoms with Gasteiger partial charge in [-0.1, -0.05) is 13.8 Å². The molecular formula is C15H23N5O. The van der Waals surface area contributed by atoms with Gasteiger partial charge in [0, 0.05) is 12.6 Å². The van der Waals surface area contributed by atoms with Crippen LogP contribution in [0.1, 0.15) is 39.4 Å². The Balaban J connectivity index is 1.89. The molecule has 6 heteroatoms. The predicted octanol–water partition coefficient (Wildman–Crippen LogP) is 2.79. The molecule has 2 rings (SSSR count). The highest BCUT2D eigenvalue weighted by atomic mass is 16.5. The quantitative estimate of drug-likeness (QED) is 0.849. The first-order valence-corrected chi connectivity index (χ1v) is 7.28. The number of nitrogens with one attached hydrogen (secondary N) is 1. The van der Waals surface area contributed by atoms with Crippen molar-refractivity contribution in [2.75, 3.05) is 6.54 Å². The minimum absolute atomic E-state index is 0.308. The summed E-state index contributed by atoms with van der Waals surface area (Å²) in [5.41, 5.74) is 0.904. The molecule has 1 N–H and O–H groups in total. The van der Waals surface area contributed by atoms with Crippen LogP contribution in [-0.2, 0) is 6.54 Å². The summed E-state index contributed by atoms with van der Waals surface area (Å²) < 4.78 is 7.47. The molecule has 0 saturated carbocycles. The Labute approximate surface area is 125 Å². The average molecular weight is 289 g/mol. The fourth-order valence-electron chi connectivity index (χ4n) is 1.75. The van der Waals surface area contributed by atoms with Crippen LogP contribution in [-0.4, -0.2) is 26.3 Å². The standard InChI is InChI=1S/C15H23N5O/c1-11(2)5-16-6-13-7-18-15(9-17-13)21-14-8-19-20(10-14)12(3)4/h7-12,16H,5-6H2,1-4H3. The van der Waals surface area contributed by atoms with E-state index in [0.717, 1.165) is 18.8 Å². The molecule has 6 nitrogen and oxygen atoms in total. The zero-order valence-electron chi connectivity index (χ0n) is 13.1. The summed E-state index contributed by atoms with van der Waals surface area (Å²) in [4.78, 5) is 8.60. The molecule has 0 atom stereocenters. The van der Waals surface area contributed by atoms with Crippen LogP contribution in [0.2, 0.25) is 0 Å². The number of aromatic nitrogens is 4. The molecule has 0 bridgehead atoms. The van der Waals surface area contributed by atoms with Crippen LogP contribution in [0.4, 0.5) is 0 Å². The molecule has 0 amide bonds. The minimum Gasteiger partial charge on any atom is -0.434 e. The van der Waals surface area contributed by atoms with Crippen molar-refractivity contribution in [2.45, 2.75) is 40.3 Å². The van der Waals surface area contributed by atoms with E-state index >= 15 is 0 Å². The average Bonchev–Trinajstić information content (AvgIpc) is 2.89. The fraction of sp³-hybridized carbons (Fsp3) is 0.533. The van der Waals surface area contributed by atoms with Crippen molar-refractivity contribution in [3.63, 3.8) is 0 Å². The highest BCUT2D eigenvalue weighted by Crippen LogP contribution is 2.18. The van der Waals surface area contributed by atoms with Crippen molar-refractivity contribution in [3.05, 3.63) is 30.5 Å². The van der Waals surface area contributed by atoms with Crippen molar-refractivity contribution < 1.29 is 4.74 Å². The maximum absolute atomic E-state index is 5.63. The molecule has 2 aromatic heterocycles. The van der Waals surface area contributed by atoms with Gasteiger partial charge >= 0.3 is 0 Å². The summed E-state index contributed by atoms with van der Waals surface area (Å²) in [6.45, 7) is 10.2. The van der Waals surface area contributed by atoms with Gasteiger partial charge in [0.25, 0.3) is 0 Å². The second kappa shape index (κ2) is 7.17.